The maximum atomic E-state index is 12.7. The van der Waals surface area contributed by atoms with Crippen LogP contribution in [0.3, 0.4) is 0 Å². The second-order valence-corrected chi connectivity index (χ2v) is 10.1. The number of H-pyrrole nitrogens is 1. The van der Waals surface area contributed by atoms with Crippen LogP contribution >= 0.6 is 11.3 Å². The first-order valence-corrected chi connectivity index (χ1v) is 12.3. The van der Waals surface area contributed by atoms with E-state index in [-0.39, 0.29) is 31.2 Å². The predicted molar refractivity (Wildman–Crippen MR) is 136 cm³/mol. The summed E-state index contributed by atoms with van der Waals surface area (Å²) in [6.07, 6.45) is 0.986. The number of carboxylic acid groups (broad SMARTS) is 1. The van der Waals surface area contributed by atoms with Crippen molar-refractivity contribution in [3.8, 4) is 5.88 Å². The first-order valence-electron chi connectivity index (χ1n) is 11.4. The molecule has 188 valence electrons. The summed E-state index contributed by atoms with van der Waals surface area (Å²) < 4.78 is 5.87. The molecule has 10 nitrogen and oxygen atoms in total. The fourth-order valence-corrected chi connectivity index (χ4v) is 4.24. The van der Waals surface area contributed by atoms with Crippen LogP contribution < -0.4 is 10.1 Å². The molecule has 11 heteroatoms. The highest BCUT2D eigenvalue weighted by Crippen LogP contribution is 2.20. The van der Waals surface area contributed by atoms with Crippen LogP contribution in [-0.2, 0) is 19.5 Å². The Hall–Kier alpha value is -3.99. The highest BCUT2D eigenvalue weighted by atomic mass is 32.1. The van der Waals surface area contributed by atoms with E-state index in [0.29, 0.717) is 23.1 Å². The van der Waals surface area contributed by atoms with E-state index in [4.69, 9.17) is 4.74 Å². The van der Waals surface area contributed by atoms with Crippen molar-refractivity contribution in [2.75, 3.05) is 6.54 Å². The Morgan fingerprint density at radius 3 is 2.72 bits per heavy atom. The number of nitrogens with zero attached hydrogens (tertiary/aromatic N) is 4. The molecule has 0 saturated heterocycles. The van der Waals surface area contributed by atoms with Crippen molar-refractivity contribution in [2.45, 2.75) is 45.9 Å². The molecule has 36 heavy (non-hydrogen) atoms. The van der Waals surface area contributed by atoms with Crippen LogP contribution in [0.5, 0.6) is 5.88 Å². The van der Waals surface area contributed by atoms with Gasteiger partial charge in [0.1, 0.15) is 17.1 Å². The lowest BCUT2D eigenvalue weighted by molar-refractivity contribution is 0.0944. The Kier molecular flexibility index (Phi) is 7.49. The smallest absolute Gasteiger partial charge is 0.407 e. The van der Waals surface area contributed by atoms with Gasteiger partial charge < -0.3 is 25.0 Å². The van der Waals surface area contributed by atoms with E-state index in [9.17, 15) is 14.7 Å². The molecule has 3 aromatic heterocycles. The summed E-state index contributed by atoms with van der Waals surface area (Å²) in [5, 5.41) is 14.8. The van der Waals surface area contributed by atoms with Crippen molar-refractivity contribution < 1.29 is 19.4 Å². The van der Waals surface area contributed by atoms with Crippen LogP contribution in [0, 0.1) is 0 Å². The van der Waals surface area contributed by atoms with Gasteiger partial charge in [0.25, 0.3) is 5.91 Å². The minimum Gasteiger partial charge on any atom is -0.472 e. The zero-order chi connectivity index (χ0) is 25.7. The monoisotopic (exact) mass is 508 g/mol. The molecule has 0 unspecified atom stereocenters. The highest BCUT2D eigenvalue weighted by Gasteiger charge is 2.18. The van der Waals surface area contributed by atoms with Gasteiger partial charge >= 0.3 is 6.09 Å². The zero-order valence-corrected chi connectivity index (χ0v) is 21.1. The number of benzene rings is 1. The topological polar surface area (TPSA) is 133 Å². The van der Waals surface area contributed by atoms with Gasteiger partial charge in [0.15, 0.2) is 0 Å². The van der Waals surface area contributed by atoms with E-state index in [2.05, 4.69) is 25.3 Å². The molecule has 1 aromatic carbocycles. The summed E-state index contributed by atoms with van der Waals surface area (Å²) in [7, 11) is 0. The summed E-state index contributed by atoms with van der Waals surface area (Å²) in [5.74, 6) is 0.728. The van der Waals surface area contributed by atoms with Crippen LogP contribution in [0.25, 0.3) is 11.0 Å². The molecule has 0 atom stereocenters. The number of ether oxygens (including phenoxy) is 1. The van der Waals surface area contributed by atoms with E-state index < -0.39 is 11.7 Å². The summed E-state index contributed by atoms with van der Waals surface area (Å²) >= 11 is 1.32. The number of thiazole rings is 1. The van der Waals surface area contributed by atoms with Gasteiger partial charge in [0.2, 0.25) is 5.88 Å². The third-order valence-electron chi connectivity index (χ3n) is 5.12. The van der Waals surface area contributed by atoms with Crippen molar-refractivity contribution in [3.63, 3.8) is 0 Å². The number of carbonyl (C=O) groups excluding carboxylic acids is 1. The molecule has 0 saturated carbocycles. The summed E-state index contributed by atoms with van der Waals surface area (Å²) in [6, 6.07) is 11.2. The van der Waals surface area contributed by atoms with Crippen LogP contribution in [0.2, 0.25) is 0 Å². The van der Waals surface area contributed by atoms with Crippen LogP contribution in [0.1, 0.15) is 47.7 Å². The minimum absolute atomic E-state index is 0.132. The normalized spacial score (nSPS) is 11.4. The second-order valence-electron chi connectivity index (χ2n) is 9.15. The molecule has 4 aromatic rings. The van der Waals surface area contributed by atoms with Crippen molar-refractivity contribution in [1.29, 1.82) is 0 Å². The maximum absolute atomic E-state index is 12.7. The predicted octanol–water partition coefficient (Wildman–Crippen LogP) is 4.24. The largest absolute Gasteiger partial charge is 0.472 e. The number of pyridine rings is 1. The number of para-hydroxylation sites is 2. The molecule has 0 radical (unpaired) electrons. The Labute approximate surface area is 212 Å². The SMILES string of the molecule is CC(C)(C)Oc1ncccc1CNC(=O)c1csc(CCN(Cc2nc3ccccc3[nH]2)C(=O)O)n1. The van der Waals surface area contributed by atoms with Crippen LogP contribution in [0.15, 0.2) is 48.0 Å². The Balaban J connectivity index is 1.33. The number of imidazole rings is 1. The van der Waals surface area contributed by atoms with Gasteiger partial charge in [-0.05, 0) is 39.0 Å². The van der Waals surface area contributed by atoms with Gasteiger partial charge in [0, 0.05) is 36.7 Å². The van der Waals surface area contributed by atoms with E-state index in [1.807, 2.05) is 51.1 Å². The molecular weight excluding hydrogens is 480 g/mol. The van der Waals surface area contributed by atoms with Crippen molar-refractivity contribution in [3.05, 3.63) is 70.1 Å². The average Bonchev–Trinajstić information content (AvgIpc) is 3.46. The third kappa shape index (κ3) is 6.57. The first kappa shape index (κ1) is 25.1. The number of hydrogen-bond acceptors (Lipinski definition) is 7. The fraction of sp³-hybridized carbons (Fsp3) is 0.320. The van der Waals surface area contributed by atoms with Gasteiger partial charge in [-0.2, -0.15) is 0 Å². The minimum atomic E-state index is -1.05. The molecular formula is C25H28N6O4S. The quantitative estimate of drug-likeness (QED) is 0.308. The lowest BCUT2D eigenvalue weighted by atomic mass is 10.2. The maximum Gasteiger partial charge on any atom is 0.407 e. The van der Waals surface area contributed by atoms with Gasteiger partial charge in [-0.3, -0.25) is 4.79 Å². The number of aromatic nitrogens is 4. The molecule has 4 rings (SSSR count). The van der Waals surface area contributed by atoms with Crippen LogP contribution in [0.4, 0.5) is 4.79 Å². The number of amides is 2. The molecule has 0 spiro atoms. The molecule has 0 aliphatic heterocycles. The van der Waals surface area contributed by atoms with Crippen molar-refractivity contribution in [2.24, 2.45) is 0 Å². The van der Waals surface area contributed by atoms with Crippen LogP contribution in [-0.4, -0.2) is 54.1 Å². The Morgan fingerprint density at radius 2 is 1.97 bits per heavy atom. The first-order chi connectivity index (χ1) is 17.2. The van der Waals surface area contributed by atoms with Gasteiger partial charge in [-0.15, -0.1) is 11.3 Å². The number of fused-ring (bicyclic) bond motifs is 1. The average molecular weight is 509 g/mol. The Morgan fingerprint density at radius 1 is 1.17 bits per heavy atom. The third-order valence-corrected chi connectivity index (χ3v) is 6.03. The van der Waals surface area contributed by atoms with E-state index in [1.54, 1.807) is 17.6 Å². The van der Waals surface area contributed by atoms with Crippen molar-refractivity contribution >= 4 is 34.4 Å². The van der Waals surface area contributed by atoms with E-state index in [1.165, 1.54) is 16.2 Å². The number of hydrogen-bond donors (Lipinski definition) is 3. The molecule has 3 N–H and O–H groups in total. The molecule has 0 fully saturated rings. The molecule has 0 bridgehead atoms. The number of aromatic amines is 1. The number of rotatable bonds is 9. The lowest BCUT2D eigenvalue weighted by Gasteiger charge is -2.22. The lowest BCUT2D eigenvalue weighted by Crippen LogP contribution is -2.31. The standard InChI is InChI=1S/C25H28N6O4S/c1-25(2,3)35-23-16(7-6-11-26-23)13-27-22(32)19-15-36-21(30-19)10-12-31(24(33)34)14-20-28-17-8-4-5-9-18(17)29-20/h4-9,11,15H,10,12-14H2,1-3H3,(H,27,32)(H,28,29)(H,33,34). The van der Waals surface area contributed by atoms with Crippen molar-refractivity contribution in [1.82, 2.24) is 30.2 Å². The molecule has 2 amide bonds. The van der Waals surface area contributed by atoms with Gasteiger partial charge in [0.05, 0.1) is 22.6 Å². The van der Waals surface area contributed by atoms with E-state index >= 15 is 0 Å². The summed E-state index contributed by atoms with van der Waals surface area (Å²) in [6.45, 7) is 6.40. The summed E-state index contributed by atoms with van der Waals surface area (Å²) in [5.41, 5.74) is 2.29. The fourth-order valence-electron chi connectivity index (χ4n) is 3.47. The number of carbonyl (C=O) groups is 2. The molecule has 0 aliphatic carbocycles. The highest BCUT2D eigenvalue weighted by molar-refractivity contribution is 7.09. The zero-order valence-electron chi connectivity index (χ0n) is 20.3. The Bertz CT molecular complexity index is 1330. The van der Waals surface area contributed by atoms with E-state index in [0.717, 1.165) is 16.6 Å². The second kappa shape index (κ2) is 10.7. The number of nitrogens with one attached hydrogen (secondary N) is 2. The molecule has 0 aliphatic rings. The van der Waals surface area contributed by atoms with Gasteiger partial charge in [-0.25, -0.2) is 19.7 Å². The van der Waals surface area contributed by atoms with Gasteiger partial charge in [-0.1, -0.05) is 18.2 Å². The summed E-state index contributed by atoms with van der Waals surface area (Å²) in [4.78, 5) is 42.0. The molecule has 3 heterocycles.